The summed E-state index contributed by atoms with van der Waals surface area (Å²) in [6.45, 7) is 5.70. The lowest BCUT2D eigenvalue weighted by Crippen LogP contribution is -2.40. The molecule has 0 bridgehead atoms. The van der Waals surface area contributed by atoms with Crippen LogP contribution in [0.25, 0.3) is 0 Å². The zero-order chi connectivity index (χ0) is 24.3. The lowest BCUT2D eigenvalue weighted by Gasteiger charge is -2.28. The molecule has 1 saturated heterocycles. The zero-order valence-corrected chi connectivity index (χ0v) is 19.9. The van der Waals surface area contributed by atoms with Gasteiger partial charge in [-0.15, -0.1) is 0 Å². The van der Waals surface area contributed by atoms with E-state index in [9.17, 15) is 9.18 Å². The number of hydrogen-bond donors (Lipinski definition) is 1. The average molecular weight is 478 g/mol. The fourth-order valence-electron chi connectivity index (χ4n) is 4.03. The minimum Gasteiger partial charge on any atom is -0.489 e. The van der Waals surface area contributed by atoms with Gasteiger partial charge in [0.25, 0.3) is 0 Å². The molecule has 0 spiro atoms. The van der Waals surface area contributed by atoms with Crippen LogP contribution in [0, 0.1) is 5.82 Å². The summed E-state index contributed by atoms with van der Waals surface area (Å²) < 4.78 is 25.0. The van der Waals surface area contributed by atoms with Crippen LogP contribution in [0.3, 0.4) is 0 Å². The van der Waals surface area contributed by atoms with Crippen LogP contribution in [-0.4, -0.2) is 55.2 Å². The maximum atomic E-state index is 13.6. The number of halogens is 1. The predicted molar refractivity (Wildman–Crippen MR) is 135 cm³/mol. The normalized spacial score (nSPS) is 13.9. The van der Waals surface area contributed by atoms with Gasteiger partial charge in [-0.3, -0.25) is 4.90 Å². The van der Waals surface area contributed by atoms with Crippen LogP contribution < -0.4 is 10.1 Å². The Balaban J connectivity index is 1.40. The summed E-state index contributed by atoms with van der Waals surface area (Å²) >= 11 is 0. The topological polar surface area (TPSA) is 54.0 Å². The monoisotopic (exact) mass is 477 g/mol. The third-order valence-electron chi connectivity index (χ3n) is 5.89. The molecular formula is C28H32FN3O3. The Morgan fingerprint density at radius 1 is 0.971 bits per heavy atom. The molecule has 1 aliphatic rings. The highest BCUT2D eigenvalue weighted by Gasteiger charge is 2.17. The van der Waals surface area contributed by atoms with Crippen molar-refractivity contribution in [2.75, 3.05) is 44.7 Å². The molecule has 1 heterocycles. The van der Waals surface area contributed by atoms with Gasteiger partial charge in [0.05, 0.1) is 13.2 Å². The number of nitrogens with zero attached hydrogens (tertiary/aromatic N) is 2. The van der Waals surface area contributed by atoms with Crippen molar-refractivity contribution in [1.29, 1.82) is 0 Å². The Kier molecular flexibility index (Phi) is 9.09. The van der Waals surface area contributed by atoms with Crippen molar-refractivity contribution in [3.63, 3.8) is 0 Å². The number of amides is 2. The number of nitrogens with one attached hydrogen (secondary N) is 1. The number of ether oxygens (including phenoxy) is 2. The van der Waals surface area contributed by atoms with Crippen molar-refractivity contribution in [2.24, 2.45) is 0 Å². The molecule has 2 amide bonds. The van der Waals surface area contributed by atoms with E-state index in [-0.39, 0.29) is 11.8 Å². The number of hydrogen-bond acceptors (Lipinski definition) is 4. The molecule has 3 aromatic rings. The highest BCUT2D eigenvalue weighted by Crippen LogP contribution is 2.18. The van der Waals surface area contributed by atoms with Gasteiger partial charge >= 0.3 is 6.03 Å². The van der Waals surface area contributed by atoms with Gasteiger partial charge in [-0.1, -0.05) is 48.5 Å². The van der Waals surface area contributed by atoms with Crippen LogP contribution in [-0.2, 0) is 17.9 Å². The molecule has 1 fully saturated rings. The molecule has 0 aromatic heterocycles. The maximum Gasteiger partial charge on any atom is 0.322 e. The molecule has 0 atom stereocenters. The van der Waals surface area contributed by atoms with Gasteiger partial charge in [-0.2, -0.15) is 0 Å². The third kappa shape index (κ3) is 8.09. The van der Waals surface area contributed by atoms with E-state index < -0.39 is 0 Å². The number of anilines is 1. The summed E-state index contributed by atoms with van der Waals surface area (Å²) in [5, 5.41) is 2.83. The highest BCUT2D eigenvalue weighted by atomic mass is 19.1. The SMILES string of the molecule is O=C(Nc1cccc(F)c1)N(CCCN1CCOCC1)Cc1cccc(OCc2ccccc2)c1. The molecule has 0 aliphatic carbocycles. The van der Waals surface area contributed by atoms with E-state index in [0.717, 1.165) is 56.1 Å². The van der Waals surface area contributed by atoms with E-state index in [1.807, 2.05) is 54.6 Å². The Morgan fingerprint density at radius 3 is 2.54 bits per heavy atom. The van der Waals surface area contributed by atoms with Crippen LogP contribution >= 0.6 is 0 Å². The summed E-state index contributed by atoms with van der Waals surface area (Å²) in [5.74, 6) is 0.370. The third-order valence-corrected chi connectivity index (χ3v) is 5.89. The van der Waals surface area contributed by atoms with Crippen molar-refractivity contribution in [2.45, 2.75) is 19.6 Å². The first kappa shape index (κ1) is 24.7. The molecule has 0 unspecified atom stereocenters. The molecule has 3 aromatic carbocycles. The van der Waals surface area contributed by atoms with E-state index in [4.69, 9.17) is 9.47 Å². The van der Waals surface area contributed by atoms with Crippen molar-refractivity contribution in [3.05, 3.63) is 95.8 Å². The molecular weight excluding hydrogens is 445 g/mol. The largest absolute Gasteiger partial charge is 0.489 e. The Labute approximate surface area is 206 Å². The first-order chi connectivity index (χ1) is 17.2. The number of urea groups is 1. The predicted octanol–water partition coefficient (Wildman–Crippen LogP) is 5.16. The first-order valence-electron chi connectivity index (χ1n) is 12.0. The minimum atomic E-state index is -0.384. The summed E-state index contributed by atoms with van der Waals surface area (Å²) in [6, 6.07) is 23.5. The summed E-state index contributed by atoms with van der Waals surface area (Å²) in [7, 11) is 0. The number of morpholine rings is 1. The van der Waals surface area contributed by atoms with E-state index in [1.54, 1.807) is 17.0 Å². The fourth-order valence-corrected chi connectivity index (χ4v) is 4.03. The van der Waals surface area contributed by atoms with E-state index in [1.165, 1.54) is 12.1 Å². The molecule has 0 radical (unpaired) electrons. The number of benzene rings is 3. The van der Waals surface area contributed by atoms with Gasteiger partial charge in [-0.25, -0.2) is 9.18 Å². The second-order valence-electron chi connectivity index (χ2n) is 8.59. The Hall–Kier alpha value is -3.42. The lowest BCUT2D eigenvalue weighted by atomic mass is 10.2. The summed E-state index contributed by atoms with van der Waals surface area (Å²) in [6.07, 6.45) is 0.834. The second kappa shape index (κ2) is 12.9. The quantitative estimate of drug-likeness (QED) is 0.438. The van der Waals surface area contributed by atoms with Gasteiger partial charge in [0.1, 0.15) is 18.2 Å². The van der Waals surface area contributed by atoms with Crippen molar-refractivity contribution in [1.82, 2.24) is 9.80 Å². The Bertz CT molecular complexity index is 1070. The van der Waals surface area contributed by atoms with E-state index >= 15 is 0 Å². The molecule has 35 heavy (non-hydrogen) atoms. The lowest BCUT2D eigenvalue weighted by molar-refractivity contribution is 0.0365. The van der Waals surface area contributed by atoms with Crippen LogP contribution in [0.5, 0.6) is 5.75 Å². The molecule has 6 nitrogen and oxygen atoms in total. The van der Waals surface area contributed by atoms with Gasteiger partial charge in [0.15, 0.2) is 0 Å². The molecule has 1 N–H and O–H groups in total. The van der Waals surface area contributed by atoms with Crippen LogP contribution in [0.2, 0.25) is 0 Å². The smallest absolute Gasteiger partial charge is 0.322 e. The summed E-state index contributed by atoms with van der Waals surface area (Å²) in [5.41, 5.74) is 2.50. The number of rotatable bonds is 10. The van der Waals surface area contributed by atoms with Gasteiger partial charge in [0, 0.05) is 38.4 Å². The first-order valence-corrected chi connectivity index (χ1v) is 12.0. The standard InChI is InChI=1S/C28H32FN3O3/c29-25-10-5-11-26(20-25)30-28(33)32(14-6-13-31-15-17-34-18-16-31)21-24-9-4-12-27(19-24)35-22-23-7-2-1-3-8-23/h1-5,7-12,19-20H,6,13-18,21-22H2,(H,30,33). The van der Waals surface area contributed by atoms with E-state index in [0.29, 0.717) is 25.4 Å². The van der Waals surface area contributed by atoms with Crippen molar-refractivity contribution < 1.29 is 18.7 Å². The zero-order valence-electron chi connectivity index (χ0n) is 19.9. The Morgan fingerprint density at radius 2 is 1.74 bits per heavy atom. The maximum absolute atomic E-state index is 13.6. The molecule has 4 rings (SSSR count). The van der Waals surface area contributed by atoms with Gasteiger partial charge < -0.3 is 19.7 Å². The molecule has 7 heteroatoms. The van der Waals surface area contributed by atoms with Crippen LogP contribution in [0.4, 0.5) is 14.9 Å². The van der Waals surface area contributed by atoms with Crippen molar-refractivity contribution >= 4 is 11.7 Å². The molecule has 0 saturated carbocycles. The van der Waals surface area contributed by atoms with Crippen LogP contribution in [0.15, 0.2) is 78.9 Å². The van der Waals surface area contributed by atoms with Crippen molar-refractivity contribution in [3.8, 4) is 5.75 Å². The van der Waals surface area contributed by atoms with Gasteiger partial charge in [-0.05, 0) is 47.9 Å². The second-order valence-corrected chi connectivity index (χ2v) is 8.59. The molecule has 1 aliphatic heterocycles. The van der Waals surface area contributed by atoms with Gasteiger partial charge in [0.2, 0.25) is 0 Å². The number of carbonyl (C=O) groups excluding carboxylic acids is 1. The van der Waals surface area contributed by atoms with E-state index in [2.05, 4.69) is 10.2 Å². The van der Waals surface area contributed by atoms with Crippen LogP contribution in [0.1, 0.15) is 17.5 Å². The highest BCUT2D eigenvalue weighted by molar-refractivity contribution is 5.89. The molecule has 184 valence electrons. The minimum absolute atomic E-state index is 0.256. The summed E-state index contributed by atoms with van der Waals surface area (Å²) in [4.78, 5) is 17.3. The number of carbonyl (C=O) groups is 1. The fraction of sp³-hybridized carbons (Fsp3) is 0.321. The average Bonchev–Trinajstić information content (AvgIpc) is 2.88.